The SMILES string of the molecule is NCC1(CN2CCCc3ccccc3C2)CCOCC1. The molecule has 110 valence electrons. The van der Waals surface area contributed by atoms with E-state index in [0.29, 0.717) is 0 Å². The van der Waals surface area contributed by atoms with Crippen LogP contribution in [0.15, 0.2) is 24.3 Å². The lowest BCUT2D eigenvalue weighted by molar-refractivity contribution is -0.00126. The van der Waals surface area contributed by atoms with Gasteiger partial charge in [-0.15, -0.1) is 0 Å². The second-order valence-corrected chi connectivity index (χ2v) is 6.40. The van der Waals surface area contributed by atoms with Gasteiger partial charge in [0.25, 0.3) is 0 Å². The maximum Gasteiger partial charge on any atom is 0.0472 e. The lowest BCUT2D eigenvalue weighted by Crippen LogP contribution is -2.46. The number of aryl methyl sites for hydroxylation is 1. The van der Waals surface area contributed by atoms with E-state index in [1.807, 2.05) is 0 Å². The van der Waals surface area contributed by atoms with Crippen LogP contribution in [0.25, 0.3) is 0 Å². The summed E-state index contributed by atoms with van der Waals surface area (Å²) in [5.41, 5.74) is 9.42. The van der Waals surface area contributed by atoms with E-state index in [0.717, 1.165) is 45.7 Å². The molecule has 20 heavy (non-hydrogen) atoms. The second kappa shape index (κ2) is 6.25. The van der Waals surface area contributed by atoms with Crippen LogP contribution in [0.4, 0.5) is 0 Å². The van der Waals surface area contributed by atoms with E-state index in [4.69, 9.17) is 10.5 Å². The average Bonchev–Trinajstić information content (AvgIpc) is 2.69. The molecular formula is C17H26N2O. The van der Waals surface area contributed by atoms with Gasteiger partial charge in [0, 0.05) is 26.3 Å². The third kappa shape index (κ3) is 3.05. The van der Waals surface area contributed by atoms with E-state index in [1.54, 1.807) is 0 Å². The van der Waals surface area contributed by atoms with Crippen molar-refractivity contribution >= 4 is 0 Å². The van der Waals surface area contributed by atoms with Gasteiger partial charge in [0.15, 0.2) is 0 Å². The van der Waals surface area contributed by atoms with Crippen LogP contribution >= 0.6 is 0 Å². The van der Waals surface area contributed by atoms with Gasteiger partial charge in [-0.2, -0.15) is 0 Å². The van der Waals surface area contributed by atoms with Gasteiger partial charge in [-0.05, 0) is 55.3 Å². The summed E-state index contributed by atoms with van der Waals surface area (Å²) in [6, 6.07) is 8.89. The molecule has 0 atom stereocenters. The zero-order chi connectivity index (χ0) is 13.8. The van der Waals surface area contributed by atoms with Crippen molar-refractivity contribution < 1.29 is 4.74 Å². The largest absolute Gasteiger partial charge is 0.381 e. The quantitative estimate of drug-likeness (QED) is 0.918. The molecule has 3 rings (SSSR count). The summed E-state index contributed by atoms with van der Waals surface area (Å²) in [6.07, 6.45) is 4.70. The lowest BCUT2D eigenvalue weighted by atomic mass is 9.79. The van der Waals surface area contributed by atoms with Gasteiger partial charge in [0.1, 0.15) is 0 Å². The maximum absolute atomic E-state index is 6.11. The Hall–Kier alpha value is -0.900. The third-order valence-electron chi connectivity index (χ3n) is 4.98. The Labute approximate surface area is 122 Å². The van der Waals surface area contributed by atoms with E-state index >= 15 is 0 Å². The summed E-state index contributed by atoms with van der Waals surface area (Å²) in [7, 11) is 0. The zero-order valence-electron chi connectivity index (χ0n) is 12.3. The monoisotopic (exact) mass is 274 g/mol. The van der Waals surface area contributed by atoms with Gasteiger partial charge in [0.05, 0.1) is 0 Å². The first-order valence-corrected chi connectivity index (χ1v) is 7.88. The fourth-order valence-electron chi connectivity index (χ4n) is 3.61. The fraction of sp³-hybridized carbons (Fsp3) is 0.647. The van der Waals surface area contributed by atoms with Crippen LogP contribution in [-0.4, -0.2) is 37.7 Å². The maximum atomic E-state index is 6.11. The number of nitrogens with zero attached hydrogens (tertiary/aromatic N) is 1. The predicted molar refractivity (Wildman–Crippen MR) is 81.6 cm³/mol. The highest BCUT2D eigenvalue weighted by molar-refractivity contribution is 5.28. The topological polar surface area (TPSA) is 38.5 Å². The smallest absolute Gasteiger partial charge is 0.0472 e. The molecule has 0 amide bonds. The number of hydrogen-bond acceptors (Lipinski definition) is 3. The molecule has 2 N–H and O–H groups in total. The molecule has 0 unspecified atom stereocenters. The Morgan fingerprint density at radius 1 is 1.15 bits per heavy atom. The molecule has 0 aliphatic carbocycles. The first-order valence-electron chi connectivity index (χ1n) is 7.88. The molecule has 0 radical (unpaired) electrons. The Morgan fingerprint density at radius 3 is 2.65 bits per heavy atom. The van der Waals surface area contributed by atoms with Crippen LogP contribution in [0.3, 0.4) is 0 Å². The predicted octanol–water partition coefficient (Wildman–Crippen LogP) is 2.19. The van der Waals surface area contributed by atoms with Crippen LogP contribution in [0, 0.1) is 5.41 Å². The Bertz CT molecular complexity index is 440. The van der Waals surface area contributed by atoms with Gasteiger partial charge in [-0.25, -0.2) is 0 Å². The Balaban J connectivity index is 1.71. The first-order chi connectivity index (χ1) is 9.81. The number of hydrogen-bond donors (Lipinski definition) is 1. The van der Waals surface area contributed by atoms with Crippen molar-refractivity contribution in [3.63, 3.8) is 0 Å². The molecule has 3 nitrogen and oxygen atoms in total. The second-order valence-electron chi connectivity index (χ2n) is 6.40. The van der Waals surface area contributed by atoms with Crippen molar-refractivity contribution in [2.45, 2.75) is 32.2 Å². The minimum atomic E-state index is 0.275. The summed E-state index contributed by atoms with van der Waals surface area (Å²) in [5.74, 6) is 0. The van der Waals surface area contributed by atoms with E-state index in [9.17, 15) is 0 Å². The third-order valence-corrected chi connectivity index (χ3v) is 4.98. The molecule has 0 spiro atoms. The Kier molecular flexibility index (Phi) is 4.39. The van der Waals surface area contributed by atoms with Crippen LogP contribution in [0.2, 0.25) is 0 Å². The molecule has 2 aliphatic heterocycles. The molecule has 1 aromatic carbocycles. The highest BCUT2D eigenvalue weighted by atomic mass is 16.5. The van der Waals surface area contributed by atoms with Crippen LogP contribution in [0.1, 0.15) is 30.4 Å². The average molecular weight is 274 g/mol. The van der Waals surface area contributed by atoms with Gasteiger partial charge >= 0.3 is 0 Å². The van der Waals surface area contributed by atoms with Gasteiger partial charge in [0.2, 0.25) is 0 Å². The molecule has 0 bridgehead atoms. The molecule has 1 saturated heterocycles. The zero-order valence-corrected chi connectivity index (χ0v) is 12.3. The summed E-state index contributed by atoms with van der Waals surface area (Å²) in [6.45, 7) is 5.94. The van der Waals surface area contributed by atoms with E-state index in [1.165, 1.54) is 30.5 Å². The van der Waals surface area contributed by atoms with Crippen molar-refractivity contribution in [1.82, 2.24) is 4.90 Å². The summed E-state index contributed by atoms with van der Waals surface area (Å²) < 4.78 is 5.52. The molecule has 3 heteroatoms. The van der Waals surface area contributed by atoms with Gasteiger partial charge in [-0.1, -0.05) is 24.3 Å². The van der Waals surface area contributed by atoms with Crippen LogP contribution in [0.5, 0.6) is 0 Å². The van der Waals surface area contributed by atoms with Crippen molar-refractivity contribution in [3.8, 4) is 0 Å². The summed E-state index contributed by atoms with van der Waals surface area (Å²) in [4.78, 5) is 2.62. The van der Waals surface area contributed by atoms with Crippen molar-refractivity contribution in [3.05, 3.63) is 35.4 Å². The van der Waals surface area contributed by atoms with E-state index in [-0.39, 0.29) is 5.41 Å². The molecule has 2 aliphatic rings. The first kappa shape index (κ1) is 14.1. The number of ether oxygens (including phenoxy) is 1. The number of nitrogens with two attached hydrogens (primary N) is 1. The highest BCUT2D eigenvalue weighted by Gasteiger charge is 2.33. The molecular weight excluding hydrogens is 248 g/mol. The van der Waals surface area contributed by atoms with Crippen molar-refractivity contribution in [2.24, 2.45) is 11.1 Å². The van der Waals surface area contributed by atoms with Crippen LogP contribution in [-0.2, 0) is 17.7 Å². The summed E-state index contributed by atoms with van der Waals surface area (Å²) >= 11 is 0. The fourth-order valence-corrected chi connectivity index (χ4v) is 3.61. The highest BCUT2D eigenvalue weighted by Crippen LogP contribution is 2.31. The molecule has 2 heterocycles. The van der Waals surface area contributed by atoms with Crippen molar-refractivity contribution in [2.75, 3.05) is 32.8 Å². The lowest BCUT2D eigenvalue weighted by Gasteiger charge is -2.40. The number of benzene rings is 1. The Morgan fingerprint density at radius 2 is 1.90 bits per heavy atom. The minimum absolute atomic E-state index is 0.275. The normalized spacial score (nSPS) is 23.1. The number of fused-ring (bicyclic) bond motifs is 1. The summed E-state index contributed by atoms with van der Waals surface area (Å²) in [5, 5.41) is 0. The molecule has 0 saturated carbocycles. The van der Waals surface area contributed by atoms with Crippen molar-refractivity contribution in [1.29, 1.82) is 0 Å². The van der Waals surface area contributed by atoms with E-state index in [2.05, 4.69) is 29.2 Å². The van der Waals surface area contributed by atoms with E-state index < -0.39 is 0 Å². The standard InChI is InChI=1S/C17H26N2O/c18-13-17(7-10-20-11-8-17)14-19-9-3-6-15-4-1-2-5-16(15)12-19/h1-2,4-5H,3,6-14,18H2. The van der Waals surface area contributed by atoms with Crippen LogP contribution < -0.4 is 5.73 Å². The molecule has 1 fully saturated rings. The van der Waals surface area contributed by atoms with Gasteiger partial charge in [-0.3, -0.25) is 4.90 Å². The molecule has 1 aromatic rings. The number of rotatable bonds is 3. The minimum Gasteiger partial charge on any atom is -0.381 e. The van der Waals surface area contributed by atoms with Gasteiger partial charge < -0.3 is 10.5 Å². The molecule has 0 aromatic heterocycles.